The Labute approximate surface area is 187 Å². The first kappa shape index (κ1) is 21.6. The zero-order chi connectivity index (χ0) is 21.3. The van der Waals surface area contributed by atoms with E-state index < -0.39 is 10.0 Å². The number of carbonyl (C=O) groups is 1. The Kier molecular flexibility index (Phi) is 6.39. The van der Waals surface area contributed by atoms with Crippen LogP contribution in [0.25, 0.3) is 0 Å². The van der Waals surface area contributed by atoms with Crippen molar-refractivity contribution >= 4 is 39.1 Å². The largest absolute Gasteiger partial charge is 0.336 e. The molecule has 1 saturated carbocycles. The summed E-state index contributed by atoms with van der Waals surface area (Å²) in [5, 5.41) is 1.01. The molecule has 1 heterocycles. The summed E-state index contributed by atoms with van der Waals surface area (Å²) in [6, 6.07) is 12.4. The van der Waals surface area contributed by atoms with Gasteiger partial charge in [0.15, 0.2) is 0 Å². The first-order chi connectivity index (χ1) is 14.3. The molecule has 1 N–H and O–H groups in total. The number of likely N-dealkylation sites (tertiary alicyclic amines) is 1. The summed E-state index contributed by atoms with van der Waals surface area (Å²) < 4.78 is 27.2. The lowest BCUT2D eigenvalue weighted by atomic mass is 10.0. The Morgan fingerprint density at radius 3 is 2.43 bits per heavy atom. The van der Waals surface area contributed by atoms with Crippen LogP contribution in [0, 0.1) is 0 Å². The number of nitrogens with one attached hydrogen (secondary N) is 1. The smallest absolute Gasteiger partial charge is 0.240 e. The lowest BCUT2D eigenvalue weighted by Gasteiger charge is -2.25. The maximum atomic E-state index is 12.9. The number of sulfonamides is 1. The van der Waals surface area contributed by atoms with Gasteiger partial charge in [0.25, 0.3) is 0 Å². The molecule has 1 unspecified atom stereocenters. The van der Waals surface area contributed by atoms with E-state index in [2.05, 4.69) is 4.72 Å². The molecule has 1 aliphatic heterocycles. The van der Waals surface area contributed by atoms with Crippen LogP contribution in [0.2, 0.25) is 10.0 Å². The fourth-order valence-electron chi connectivity index (χ4n) is 3.85. The molecule has 8 heteroatoms. The fraction of sp³-hybridized carbons (Fsp3) is 0.409. The zero-order valence-electron chi connectivity index (χ0n) is 16.5. The van der Waals surface area contributed by atoms with Gasteiger partial charge in [-0.15, -0.1) is 0 Å². The van der Waals surface area contributed by atoms with Gasteiger partial charge in [-0.05, 0) is 67.5 Å². The van der Waals surface area contributed by atoms with Crippen LogP contribution in [0.15, 0.2) is 47.4 Å². The molecule has 2 aliphatic rings. The second-order valence-electron chi connectivity index (χ2n) is 7.96. The minimum atomic E-state index is -3.45. The third kappa shape index (κ3) is 4.99. The van der Waals surface area contributed by atoms with Gasteiger partial charge in [0.05, 0.1) is 21.0 Å². The summed E-state index contributed by atoms with van der Waals surface area (Å²) in [4.78, 5) is 15.1. The Morgan fingerprint density at radius 1 is 1.03 bits per heavy atom. The molecular formula is C22H24Cl2N2O3S. The molecule has 2 fully saturated rings. The molecule has 1 amide bonds. The zero-order valence-corrected chi connectivity index (χ0v) is 18.8. The number of amides is 1. The first-order valence-corrected chi connectivity index (χ1v) is 12.4. The highest BCUT2D eigenvalue weighted by Crippen LogP contribution is 2.35. The molecule has 1 atom stereocenters. The quantitative estimate of drug-likeness (QED) is 0.640. The molecule has 2 aromatic rings. The number of nitrogens with zero attached hydrogens (tertiary/aromatic N) is 1. The van der Waals surface area contributed by atoms with Gasteiger partial charge in [-0.2, -0.15) is 0 Å². The summed E-state index contributed by atoms with van der Waals surface area (Å²) in [6.07, 6.45) is 4.61. The summed E-state index contributed by atoms with van der Waals surface area (Å²) in [5.74, 6) is 0.0932. The van der Waals surface area contributed by atoms with E-state index >= 15 is 0 Å². The topological polar surface area (TPSA) is 66.5 Å². The number of hydrogen-bond donors (Lipinski definition) is 1. The molecule has 0 aromatic heterocycles. The van der Waals surface area contributed by atoms with E-state index in [0.29, 0.717) is 22.9 Å². The van der Waals surface area contributed by atoms with Gasteiger partial charge < -0.3 is 4.90 Å². The van der Waals surface area contributed by atoms with Crippen molar-refractivity contribution in [2.24, 2.45) is 0 Å². The van der Waals surface area contributed by atoms with E-state index in [1.165, 1.54) is 0 Å². The molecule has 1 saturated heterocycles. The van der Waals surface area contributed by atoms with Crippen LogP contribution in [0.5, 0.6) is 0 Å². The molecular weight excluding hydrogens is 443 g/mol. The van der Waals surface area contributed by atoms with Gasteiger partial charge in [-0.3, -0.25) is 4.79 Å². The summed E-state index contributed by atoms with van der Waals surface area (Å²) >= 11 is 12.2. The van der Waals surface area contributed by atoms with Crippen molar-refractivity contribution in [3.8, 4) is 0 Å². The number of benzene rings is 2. The van der Waals surface area contributed by atoms with Crippen LogP contribution >= 0.6 is 23.2 Å². The monoisotopic (exact) mass is 466 g/mol. The number of rotatable bonds is 7. The first-order valence-electron chi connectivity index (χ1n) is 10.2. The third-order valence-electron chi connectivity index (χ3n) is 5.66. The van der Waals surface area contributed by atoms with Gasteiger partial charge in [0.1, 0.15) is 0 Å². The molecule has 30 heavy (non-hydrogen) atoms. The third-order valence-corrected chi connectivity index (χ3v) is 7.94. The SMILES string of the molecule is O=C(CCc1ccc(S(=O)(=O)NC2CC2)cc1)N1CCCC1c1ccc(Cl)c(Cl)c1. The van der Waals surface area contributed by atoms with Crippen molar-refractivity contribution in [2.75, 3.05) is 6.54 Å². The maximum absolute atomic E-state index is 12.9. The summed E-state index contributed by atoms with van der Waals surface area (Å²) in [5.41, 5.74) is 1.95. The number of hydrogen-bond acceptors (Lipinski definition) is 3. The number of carbonyl (C=O) groups excluding carboxylic acids is 1. The van der Waals surface area contributed by atoms with Crippen LogP contribution in [-0.2, 0) is 21.2 Å². The summed E-state index contributed by atoms with van der Waals surface area (Å²) in [7, 11) is -3.45. The van der Waals surface area contributed by atoms with E-state index in [-0.39, 0.29) is 22.9 Å². The minimum absolute atomic E-state index is 0.0216. The highest BCUT2D eigenvalue weighted by atomic mass is 35.5. The second-order valence-corrected chi connectivity index (χ2v) is 10.5. The molecule has 0 bridgehead atoms. The van der Waals surface area contributed by atoms with Crippen molar-refractivity contribution in [2.45, 2.75) is 55.5 Å². The molecule has 160 valence electrons. The molecule has 5 nitrogen and oxygen atoms in total. The predicted molar refractivity (Wildman–Crippen MR) is 118 cm³/mol. The average Bonchev–Trinajstić information content (AvgIpc) is 3.38. The molecule has 4 rings (SSSR count). The van der Waals surface area contributed by atoms with E-state index in [1.54, 1.807) is 30.3 Å². The highest BCUT2D eigenvalue weighted by molar-refractivity contribution is 7.89. The van der Waals surface area contributed by atoms with Crippen molar-refractivity contribution in [3.05, 3.63) is 63.6 Å². The van der Waals surface area contributed by atoms with Gasteiger partial charge in [-0.1, -0.05) is 41.4 Å². The Balaban J connectivity index is 1.37. The lowest BCUT2D eigenvalue weighted by Crippen LogP contribution is -2.30. The molecule has 1 aliphatic carbocycles. The van der Waals surface area contributed by atoms with E-state index in [4.69, 9.17) is 23.2 Å². The van der Waals surface area contributed by atoms with Gasteiger partial charge in [0, 0.05) is 19.0 Å². The van der Waals surface area contributed by atoms with E-state index in [0.717, 1.165) is 43.4 Å². The van der Waals surface area contributed by atoms with E-state index in [9.17, 15) is 13.2 Å². The number of halogens is 2. The standard InChI is InChI=1S/C22H24Cl2N2O3S/c23-19-11-6-16(14-20(19)24)21-2-1-13-26(21)22(27)12-5-15-3-9-18(10-4-15)30(28,29)25-17-7-8-17/h3-4,6,9-11,14,17,21,25H,1-2,5,7-8,12-13H2. The highest BCUT2D eigenvalue weighted by Gasteiger charge is 2.30. The van der Waals surface area contributed by atoms with Crippen molar-refractivity contribution in [3.63, 3.8) is 0 Å². The normalized spacial score (nSPS) is 19.3. The fourth-order valence-corrected chi connectivity index (χ4v) is 5.46. The Bertz CT molecular complexity index is 1040. The second kappa shape index (κ2) is 8.87. The van der Waals surface area contributed by atoms with Crippen LogP contribution in [0.3, 0.4) is 0 Å². The maximum Gasteiger partial charge on any atom is 0.240 e. The van der Waals surface area contributed by atoms with Crippen LogP contribution < -0.4 is 4.72 Å². The van der Waals surface area contributed by atoms with Crippen LogP contribution in [0.1, 0.15) is 49.3 Å². The summed E-state index contributed by atoms with van der Waals surface area (Å²) in [6.45, 7) is 0.730. The minimum Gasteiger partial charge on any atom is -0.336 e. The van der Waals surface area contributed by atoms with Gasteiger partial charge in [-0.25, -0.2) is 13.1 Å². The Morgan fingerprint density at radius 2 is 1.77 bits per heavy atom. The van der Waals surface area contributed by atoms with Crippen molar-refractivity contribution < 1.29 is 13.2 Å². The molecule has 0 spiro atoms. The van der Waals surface area contributed by atoms with Gasteiger partial charge in [0.2, 0.25) is 15.9 Å². The van der Waals surface area contributed by atoms with Crippen LogP contribution in [-0.4, -0.2) is 31.8 Å². The number of aryl methyl sites for hydroxylation is 1. The Hall–Kier alpha value is -1.60. The van der Waals surface area contributed by atoms with Gasteiger partial charge >= 0.3 is 0 Å². The lowest BCUT2D eigenvalue weighted by molar-refractivity contribution is -0.132. The predicted octanol–water partition coefficient (Wildman–Crippen LogP) is 4.73. The van der Waals surface area contributed by atoms with Crippen molar-refractivity contribution in [1.82, 2.24) is 9.62 Å². The van der Waals surface area contributed by atoms with Crippen LogP contribution in [0.4, 0.5) is 0 Å². The van der Waals surface area contributed by atoms with E-state index in [1.807, 2.05) is 17.0 Å². The molecule has 2 aromatic carbocycles. The average molecular weight is 467 g/mol. The van der Waals surface area contributed by atoms with Crippen molar-refractivity contribution in [1.29, 1.82) is 0 Å². The molecule has 0 radical (unpaired) electrons.